The number of hydrogen-bond acceptors (Lipinski definition) is 3. The van der Waals surface area contributed by atoms with Crippen molar-refractivity contribution in [3.05, 3.63) is 48.0 Å². The van der Waals surface area contributed by atoms with Crippen LogP contribution in [0.15, 0.2) is 47.5 Å². The first-order chi connectivity index (χ1) is 14.6. The molecule has 3 fully saturated rings. The van der Waals surface area contributed by atoms with Crippen molar-refractivity contribution < 1.29 is 9.59 Å². The highest BCUT2D eigenvalue weighted by Gasteiger charge is 2.58. The molecule has 3 aliphatic carbocycles. The van der Waals surface area contributed by atoms with Gasteiger partial charge in [0.1, 0.15) is 0 Å². The lowest BCUT2D eigenvalue weighted by Crippen LogP contribution is -2.50. The smallest absolute Gasteiger partial charge is 0.233 e. The van der Waals surface area contributed by atoms with E-state index in [0.717, 1.165) is 18.9 Å². The molecule has 0 aromatic heterocycles. The molecule has 2 amide bonds. The van der Waals surface area contributed by atoms with Gasteiger partial charge in [-0.15, -0.1) is 0 Å². The van der Waals surface area contributed by atoms with Gasteiger partial charge < -0.3 is 10.6 Å². The third kappa shape index (κ3) is 3.04. The van der Waals surface area contributed by atoms with Crippen LogP contribution >= 0.6 is 0 Å². The number of hydrogen-bond donors (Lipinski definition) is 2. The highest BCUT2D eigenvalue weighted by Crippen LogP contribution is 2.52. The van der Waals surface area contributed by atoms with E-state index >= 15 is 0 Å². The molecule has 1 aromatic carbocycles. The number of fused-ring (bicyclic) bond motifs is 5. The van der Waals surface area contributed by atoms with Crippen LogP contribution in [0.25, 0.3) is 0 Å². The monoisotopic (exact) mass is 406 g/mol. The van der Waals surface area contributed by atoms with Crippen LogP contribution in [-0.4, -0.2) is 49.4 Å². The van der Waals surface area contributed by atoms with Gasteiger partial charge in [-0.25, -0.2) is 0 Å². The Hall–Kier alpha value is -2.63. The first kappa shape index (κ1) is 19.3. The van der Waals surface area contributed by atoms with Crippen LogP contribution in [-0.2, 0) is 15.0 Å². The Kier molecular flexibility index (Phi) is 4.88. The second-order valence-electron chi connectivity index (χ2n) is 9.18. The number of nitrogens with one attached hydrogen (secondary N) is 2. The summed E-state index contributed by atoms with van der Waals surface area (Å²) in [6.07, 6.45) is 8.84. The summed E-state index contributed by atoms with van der Waals surface area (Å²) >= 11 is 0. The van der Waals surface area contributed by atoms with Gasteiger partial charge in [0, 0.05) is 32.1 Å². The summed E-state index contributed by atoms with van der Waals surface area (Å²) < 4.78 is 0. The molecule has 1 aromatic rings. The predicted molar refractivity (Wildman–Crippen MR) is 116 cm³/mol. The molecule has 4 atom stereocenters. The van der Waals surface area contributed by atoms with Crippen molar-refractivity contribution in [1.82, 2.24) is 15.5 Å². The zero-order chi connectivity index (χ0) is 20.7. The van der Waals surface area contributed by atoms with Gasteiger partial charge in [0.15, 0.2) is 5.96 Å². The fourth-order valence-corrected chi connectivity index (χ4v) is 5.91. The number of amides is 2. The fourth-order valence-electron chi connectivity index (χ4n) is 5.91. The number of aliphatic imine (C=N–C) groups is 1. The molecule has 4 aliphatic rings. The molecule has 158 valence electrons. The largest absolute Gasteiger partial charge is 0.356 e. The third-order valence-corrected chi connectivity index (χ3v) is 7.70. The van der Waals surface area contributed by atoms with Gasteiger partial charge in [0.2, 0.25) is 11.8 Å². The molecule has 4 unspecified atom stereocenters. The van der Waals surface area contributed by atoms with E-state index in [2.05, 4.69) is 58.1 Å². The normalized spacial score (nSPS) is 31.1. The van der Waals surface area contributed by atoms with E-state index < -0.39 is 0 Å². The first-order valence-electron chi connectivity index (χ1n) is 11.2. The fraction of sp³-hybridized carbons (Fsp3) is 0.542. The first-order valence-corrected chi connectivity index (χ1v) is 11.2. The minimum atomic E-state index is -0.116. The van der Waals surface area contributed by atoms with Gasteiger partial charge in [-0.2, -0.15) is 0 Å². The van der Waals surface area contributed by atoms with Crippen LogP contribution in [0.4, 0.5) is 0 Å². The summed E-state index contributed by atoms with van der Waals surface area (Å²) in [5.41, 5.74) is 1.55. The van der Waals surface area contributed by atoms with Crippen molar-refractivity contribution >= 4 is 17.8 Å². The maximum Gasteiger partial charge on any atom is 0.233 e. The number of guanidine groups is 1. The summed E-state index contributed by atoms with van der Waals surface area (Å²) in [6.45, 7) is 1.74. The SMILES string of the molecule is CN=C(NCCN1C(=O)C2C3C=CC(C3)C2C1=O)NCC1(c2ccccc2)CCC1. The van der Waals surface area contributed by atoms with Crippen molar-refractivity contribution in [2.75, 3.05) is 26.7 Å². The van der Waals surface area contributed by atoms with Crippen LogP contribution in [0.2, 0.25) is 0 Å². The second-order valence-corrected chi connectivity index (χ2v) is 9.18. The Morgan fingerprint density at radius 2 is 1.73 bits per heavy atom. The molecule has 6 heteroatoms. The van der Waals surface area contributed by atoms with Crippen LogP contribution in [0.3, 0.4) is 0 Å². The van der Waals surface area contributed by atoms with Crippen LogP contribution in [0.1, 0.15) is 31.2 Å². The number of nitrogens with zero attached hydrogens (tertiary/aromatic N) is 2. The van der Waals surface area contributed by atoms with Crippen molar-refractivity contribution in [3.8, 4) is 0 Å². The maximum absolute atomic E-state index is 12.8. The Morgan fingerprint density at radius 1 is 1.07 bits per heavy atom. The number of allylic oxidation sites excluding steroid dienone is 2. The summed E-state index contributed by atoms with van der Waals surface area (Å²) in [4.78, 5) is 31.4. The van der Waals surface area contributed by atoms with Crippen LogP contribution < -0.4 is 10.6 Å². The Balaban J connectivity index is 1.14. The lowest BCUT2D eigenvalue weighted by molar-refractivity contribution is -0.140. The molecular formula is C24H30N4O2. The van der Waals surface area contributed by atoms with Gasteiger partial charge in [0.05, 0.1) is 11.8 Å². The lowest BCUT2D eigenvalue weighted by Gasteiger charge is -2.43. The van der Waals surface area contributed by atoms with Crippen LogP contribution in [0, 0.1) is 23.7 Å². The van der Waals surface area contributed by atoms with Gasteiger partial charge in [-0.05, 0) is 36.7 Å². The quantitative estimate of drug-likeness (QED) is 0.328. The van der Waals surface area contributed by atoms with Gasteiger partial charge in [0.25, 0.3) is 0 Å². The molecule has 2 N–H and O–H groups in total. The van der Waals surface area contributed by atoms with E-state index in [0.29, 0.717) is 13.1 Å². The summed E-state index contributed by atoms with van der Waals surface area (Å²) in [6, 6.07) is 10.7. The average Bonchev–Trinajstić information content (AvgIpc) is 3.42. The van der Waals surface area contributed by atoms with Gasteiger partial charge in [-0.3, -0.25) is 19.5 Å². The molecule has 0 spiro atoms. The molecule has 1 heterocycles. The Bertz CT molecular complexity index is 860. The van der Waals surface area contributed by atoms with E-state index in [1.54, 1.807) is 7.05 Å². The topological polar surface area (TPSA) is 73.8 Å². The standard InChI is InChI=1S/C24H30N4O2/c1-25-23(27-15-24(10-5-11-24)18-6-3-2-4-7-18)26-12-13-28-21(29)19-16-8-9-17(14-16)20(19)22(28)30/h2-4,6-9,16-17,19-20H,5,10-15H2,1H3,(H2,25,26,27). The zero-order valence-corrected chi connectivity index (χ0v) is 17.5. The highest BCUT2D eigenvalue weighted by molar-refractivity contribution is 6.06. The molecule has 6 nitrogen and oxygen atoms in total. The van der Waals surface area contributed by atoms with Gasteiger partial charge in [-0.1, -0.05) is 48.9 Å². The minimum Gasteiger partial charge on any atom is -0.356 e. The van der Waals surface area contributed by atoms with Crippen molar-refractivity contribution in [2.24, 2.45) is 28.7 Å². The summed E-state index contributed by atoms with van der Waals surface area (Å²) in [5.74, 6) is 1.05. The van der Waals surface area contributed by atoms with E-state index in [1.807, 2.05) is 0 Å². The highest BCUT2D eigenvalue weighted by atomic mass is 16.2. The van der Waals surface area contributed by atoms with E-state index in [-0.39, 0.29) is 40.9 Å². The summed E-state index contributed by atoms with van der Waals surface area (Å²) in [5, 5.41) is 6.75. The number of rotatable bonds is 6. The zero-order valence-electron chi connectivity index (χ0n) is 17.5. The maximum atomic E-state index is 12.8. The van der Waals surface area contributed by atoms with Crippen molar-refractivity contribution in [3.63, 3.8) is 0 Å². The summed E-state index contributed by atoms with van der Waals surface area (Å²) in [7, 11) is 1.76. The predicted octanol–water partition coefficient (Wildman–Crippen LogP) is 2.08. The van der Waals surface area contributed by atoms with Crippen molar-refractivity contribution in [1.29, 1.82) is 0 Å². The Morgan fingerprint density at radius 3 is 2.30 bits per heavy atom. The molecule has 5 rings (SSSR count). The molecule has 2 saturated carbocycles. The Labute approximate surface area is 177 Å². The molecule has 1 aliphatic heterocycles. The van der Waals surface area contributed by atoms with E-state index in [9.17, 15) is 9.59 Å². The molecule has 2 bridgehead atoms. The number of carbonyl (C=O) groups excluding carboxylic acids is 2. The second kappa shape index (κ2) is 7.56. The molecular weight excluding hydrogens is 376 g/mol. The van der Waals surface area contributed by atoms with E-state index in [1.165, 1.54) is 29.7 Å². The average molecular weight is 407 g/mol. The third-order valence-electron chi connectivity index (χ3n) is 7.70. The number of imide groups is 1. The lowest BCUT2D eigenvalue weighted by atomic mass is 9.64. The number of carbonyl (C=O) groups is 2. The number of benzene rings is 1. The van der Waals surface area contributed by atoms with Gasteiger partial charge >= 0.3 is 0 Å². The van der Waals surface area contributed by atoms with Crippen molar-refractivity contribution in [2.45, 2.75) is 31.1 Å². The molecule has 1 saturated heterocycles. The molecule has 30 heavy (non-hydrogen) atoms. The molecule has 0 radical (unpaired) electrons. The van der Waals surface area contributed by atoms with Crippen LogP contribution in [0.5, 0.6) is 0 Å². The minimum absolute atomic E-state index is 0.0177. The van der Waals surface area contributed by atoms with E-state index in [4.69, 9.17) is 0 Å². The number of likely N-dealkylation sites (tertiary alicyclic amines) is 1.